The van der Waals surface area contributed by atoms with Crippen molar-refractivity contribution in [3.05, 3.63) is 69.7 Å². The van der Waals surface area contributed by atoms with Gasteiger partial charge in [0.1, 0.15) is 22.6 Å². The van der Waals surface area contributed by atoms with Crippen molar-refractivity contribution in [2.24, 2.45) is 0 Å². The van der Waals surface area contributed by atoms with Crippen molar-refractivity contribution in [3.8, 4) is 5.75 Å². The van der Waals surface area contributed by atoms with Gasteiger partial charge in [-0.3, -0.25) is 8.99 Å². The van der Waals surface area contributed by atoms with Crippen molar-refractivity contribution >= 4 is 50.6 Å². The van der Waals surface area contributed by atoms with Crippen molar-refractivity contribution in [2.45, 2.75) is 44.4 Å². The Hall–Kier alpha value is -2.59. The van der Waals surface area contributed by atoms with Crippen LogP contribution in [-0.2, 0) is 16.6 Å². The summed E-state index contributed by atoms with van der Waals surface area (Å²) >= 11 is 12.4. The number of aliphatic hydroxyl groups excluding tert-OH is 1. The first-order valence-electron chi connectivity index (χ1n) is 10.9. The maximum atomic E-state index is 14.4. The third-order valence-electron chi connectivity index (χ3n) is 5.73. The lowest BCUT2D eigenvalue weighted by atomic mass is 10.0. The molecule has 0 fully saturated rings. The van der Waals surface area contributed by atoms with Gasteiger partial charge in [-0.25, -0.2) is 12.8 Å². The molecule has 0 aliphatic carbocycles. The van der Waals surface area contributed by atoms with Gasteiger partial charge in [0.05, 0.1) is 23.4 Å². The predicted octanol–water partition coefficient (Wildman–Crippen LogP) is 5.25. The molecule has 7 nitrogen and oxygen atoms in total. The number of hydrogen-bond acceptors (Lipinski definition) is 5. The quantitative estimate of drug-likeness (QED) is 0.432. The van der Waals surface area contributed by atoms with E-state index in [4.69, 9.17) is 27.9 Å². The minimum atomic E-state index is -4.15. The fourth-order valence-electron chi connectivity index (χ4n) is 3.89. The average molecular weight is 540 g/mol. The second-order valence-electron chi connectivity index (χ2n) is 8.22. The number of sulfonamides is 1. The maximum absolute atomic E-state index is 14.4. The predicted molar refractivity (Wildman–Crippen MR) is 135 cm³/mol. The summed E-state index contributed by atoms with van der Waals surface area (Å²) in [6.07, 6.45) is 1.36. The number of ether oxygens (including phenoxy) is 1. The third-order valence-corrected chi connectivity index (χ3v) is 8.22. The molecule has 4 rings (SSSR count). The molecule has 1 N–H and O–H groups in total. The highest BCUT2D eigenvalue weighted by molar-refractivity contribution is 7.93. The molecule has 186 valence electrons. The Balaban J connectivity index is 1.82. The molecule has 11 heteroatoms. The van der Waals surface area contributed by atoms with Gasteiger partial charge in [0.2, 0.25) is 0 Å². The van der Waals surface area contributed by atoms with Crippen molar-refractivity contribution < 1.29 is 22.7 Å². The normalized spacial score (nSPS) is 17.2. The van der Waals surface area contributed by atoms with Gasteiger partial charge in [-0.05, 0) is 56.2 Å². The zero-order chi connectivity index (χ0) is 25.5. The van der Waals surface area contributed by atoms with Gasteiger partial charge in [-0.15, -0.1) is 0 Å². The molecule has 2 atom stereocenters. The van der Waals surface area contributed by atoms with Gasteiger partial charge in [0, 0.05) is 18.3 Å². The molecular weight excluding hydrogens is 516 g/mol. The highest BCUT2D eigenvalue weighted by Gasteiger charge is 2.38. The molecule has 1 aromatic heterocycles. The van der Waals surface area contributed by atoms with Gasteiger partial charge in [0.25, 0.3) is 10.0 Å². The van der Waals surface area contributed by atoms with Crippen LogP contribution in [0.3, 0.4) is 0 Å². The van der Waals surface area contributed by atoms with Gasteiger partial charge < -0.3 is 9.84 Å². The summed E-state index contributed by atoms with van der Waals surface area (Å²) in [7, 11) is -4.15. The summed E-state index contributed by atoms with van der Waals surface area (Å²) in [5.74, 6) is -0.178. The van der Waals surface area contributed by atoms with Gasteiger partial charge in [-0.2, -0.15) is 5.10 Å². The van der Waals surface area contributed by atoms with Crippen LogP contribution in [-0.4, -0.2) is 42.1 Å². The lowest BCUT2D eigenvalue weighted by molar-refractivity contribution is 0.0503. The molecule has 0 amide bonds. The number of halogens is 3. The number of aliphatic hydroxyl groups is 1. The number of aromatic nitrogens is 2. The molecule has 2 heterocycles. The number of allylic oxidation sites excluding steroid dienone is 1. The van der Waals surface area contributed by atoms with Crippen molar-refractivity contribution in [1.29, 1.82) is 0 Å². The van der Waals surface area contributed by atoms with Gasteiger partial charge >= 0.3 is 0 Å². The molecule has 0 spiro atoms. The van der Waals surface area contributed by atoms with E-state index in [1.165, 1.54) is 29.9 Å². The zero-order valence-corrected chi connectivity index (χ0v) is 21.6. The van der Waals surface area contributed by atoms with E-state index in [9.17, 15) is 17.9 Å². The first-order valence-corrected chi connectivity index (χ1v) is 13.1. The summed E-state index contributed by atoms with van der Waals surface area (Å²) in [6, 6.07) is 9.41. The van der Waals surface area contributed by atoms with Crippen LogP contribution >= 0.6 is 23.2 Å². The van der Waals surface area contributed by atoms with E-state index in [2.05, 4.69) is 5.10 Å². The minimum Gasteiger partial charge on any atom is -0.484 e. The van der Waals surface area contributed by atoms with E-state index in [0.717, 1.165) is 4.31 Å². The van der Waals surface area contributed by atoms with Crippen LogP contribution in [0.5, 0.6) is 5.75 Å². The topological polar surface area (TPSA) is 84.7 Å². The van der Waals surface area contributed by atoms with E-state index in [1.54, 1.807) is 37.3 Å². The second-order valence-corrected chi connectivity index (χ2v) is 10.8. The molecule has 35 heavy (non-hydrogen) atoms. The Morgan fingerprint density at radius 1 is 1.34 bits per heavy atom. The van der Waals surface area contributed by atoms with Crippen molar-refractivity contribution in [3.63, 3.8) is 0 Å². The van der Waals surface area contributed by atoms with E-state index in [1.807, 2.05) is 6.92 Å². The Morgan fingerprint density at radius 2 is 2.09 bits per heavy atom. The van der Waals surface area contributed by atoms with Crippen LogP contribution in [0.15, 0.2) is 47.5 Å². The van der Waals surface area contributed by atoms with E-state index >= 15 is 0 Å². The van der Waals surface area contributed by atoms with E-state index in [0.29, 0.717) is 17.7 Å². The van der Waals surface area contributed by atoms with Gasteiger partial charge in [-0.1, -0.05) is 41.4 Å². The molecule has 3 aromatic rings. The van der Waals surface area contributed by atoms with Crippen molar-refractivity contribution in [1.82, 2.24) is 9.78 Å². The van der Waals surface area contributed by atoms with Crippen LogP contribution in [0.25, 0.3) is 11.6 Å². The van der Waals surface area contributed by atoms with Crippen LogP contribution in [0, 0.1) is 5.82 Å². The molecular formula is C24H24Cl2FN3O4S. The van der Waals surface area contributed by atoms with E-state index < -0.39 is 28.0 Å². The second kappa shape index (κ2) is 9.81. The van der Waals surface area contributed by atoms with E-state index in [-0.39, 0.29) is 38.6 Å². The number of anilines is 1. The molecule has 0 saturated heterocycles. The van der Waals surface area contributed by atoms with Crippen LogP contribution in [0.4, 0.5) is 10.1 Å². The van der Waals surface area contributed by atoms with Crippen LogP contribution < -0.4 is 9.04 Å². The maximum Gasteiger partial charge on any atom is 0.269 e. The lowest BCUT2D eigenvalue weighted by Crippen LogP contribution is -2.47. The summed E-state index contributed by atoms with van der Waals surface area (Å²) < 4.78 is 50.2. The number of nitrogens with zero attached hydrogens (tertiary/aromatic N) is 3. The third kappa shape index (κ3) is 4.91. The monoisotopic (exact) mass is 539 g/mol. The summed E-state index contributed by atoms with van der Waals surface area (Å²) in [6.45, 7) is 5.37. The Morgan fingerprint density at radius 3 is 2.71 bits per heavy atom. The number of benzene rings is 2. The summed E-state index contributed by atoms with van der Waals surface area (Å²) in [5.41, 5.74) is 1.70. The molecule has 0 unspecified atom stereocenters. The van der Waals surface area contributed by atoms with Crippen LogP contribution in [0.1, 0.15) is 31.9 Å². The number of fused-ring (bicyclic) bond motifs is 1. The highest BCUT2D eigenvalue weighted by Crippen LogP contribution is 2.40. The van der Waals surface area contributed by atoms with Crippen LogP contribution in [0.2, 0.25) is 10.2 Å². The standard InChI is InChI=1S/C24H24Cl2FN3O4S/c1-4-29-13-22(24(26)28-29)35(32,33)30-12-21(15(3)31)34-20-9-8-16(11-19(20)30)10-14(2)23-17(25)6-5-7-18(23)27/h5-11,13,15,21,31H,4,12H2,1-3H3/b14-10+/t15-,21+/m0/s1. The lowest BCUT2D eigenvalue weighted by Gasteiger charge is -2.36. The minimum absolute atomic E-state index is 0.133. The Bertz CT molecular complexity index is 1390. The fourth-order valence-corrected chi connectivity index (χ4v) is 6.13. The first-order chi connectivity index (χ1) is 16.5. The van der Waals surface area contributed by atoms with Crippen molar-refractivity contribution in [2.75, 3.05) is 10.8 Å². The molecule has 1 aliphatic rings. The molecule has 0 bridgehead atoms. The SMILES string of the molecule is CCn1cc(S(=O)(=O)N2C[C@H]([C@H](C)O)Oc3ccc(/C=C(\C)c4c(F)cccc4Cl)cc32)c(Cl)n1. The molecule has 0 radical (unpaired) electrons. The zero-order valence-electron chi connectivity index (χ0n) is 19.2. The Kier molecular flexibility index (Phi) is 7.15. The fraction of sp³-hybridized carbons (Fsp3) is 0.292. The van der Waals surface area contributed by atoms with Gasteiger partial charge in [0.15, 0.2) is 5.15 Å². The molecule has 2 aromatic carbocycles. The Labute approximate surface area is 213 Å². The number of hydrogen-bond donors (Lipinski definition) is 1. The highest BCUT2D eigenvalue weighted by atomic mass is 35.5. The largest absolute Gasteiger partial charge is 0.484 e. The first kappa shape index (κ1) is 25.5. The molecule has 1 aliphatic heterocycles. The molecule has 0 saturated carbocycles. The summed E-state index contributed by atoms with van der Waals surface area (Å²) in [5, 5.41) is 14.3. The average Bonchev–Trinajstić information content (AvgIpc) is 3.19. The number of rotatable bonds is 6. The summed E-state index contributed by atoms with van der Waals surface area (Å²) in [4.78, 5) is -0.145. The number of aryl methyl sites for hydroxylation is 1. The smallest absolute Gasteiger partial charge is 0.269 e.